The first-order valence-electron chi connectivity index (χ1n) is 6.92. The van der Waals surface area contributed by atoms with Crippen molar-refractivity contribution in [3.63, 3.8) is 0 Å². The first-order chi connectivity index (χ1) is 10.5. The van der Waals surface area contributed by atoms with Crippen LogP contribution in [0.2, 0.25) is 10.0 Å². The number of carbonyl (C=O) groups is 1. The average molecular weight is 338 g/mol. The Morgan fingerprint density at radius 2 is 2.00 bits per heavy atom. The number of anilines is 2. The van der Waals surface area contributed by atoms with Crippen molar-refractivity contribution in [1.29, 1.82) is 0 Å². The molecule has 6 heteroatoms. The van der Waals surface area contributed by atoms with E-state index in [9.17, 15) is 4.79 Å². The third kappa shape index (κ3) is 4.61. The molecule has 2 rings (SSSR count). The first-order valence-corrected chi connectivity index (χ1v) is 7.67. The normalized spacial score (nSPS) is 10.6. The van der Waals surface area contributed by atoms with Crippen LogP contribution in [-0.2, 0) is 0 Å². The molecular formula is C16H17Cl2N3O. The van der Waals surface area contributed by atoms with Crippen LogP contribution in [0.4, 0.5) is 11.4 Å². The van der Waals surface area contributed by atoms with Crippen molar-refractivity contribution in [3.05, 3.63) is 52.3 Å². The summed E-state index contributed by atoms with van der Waals surface area (Å²) in [5.74, 6) is 0.185. The van der Waals surface area contributed by atoms with Crippen LogP contribution < -0.4 is 10.6 Å². The molecule has 116 valence electrons. The van der Waals surface area contributed by atoms with Gasteiger partial charge in [-0.2, -0.15) is 0 Å². The van der Waals surface area contributed by atoms with E-state index in [2.05, 4.69) is 15.6 Å². The molecule has 1 aromatic carbocycles. The Hall–Kier alpha value is -1.78. The molecule has 0 spiro atoms. The van der Waals surface area contributed by atoms with Gasteiger partial charge in [-0.15, -0.1) is 0 Å². The van der Waals surface area contributed by atoms with Gasteiger partial charge in [-0.25, -0.2) is 0 Å². The van der Waals surface area contributed by atoms with Crippen LogP contribution in [0.15, 0.2) is 36.5 Å². The maximum Gasteiger partial charge on any atom is 0.269 e. The minimum atomic E-state index is -0.199. The van der Waals surface area contributed by atoms with Gasteiger partial charge in [0.25, 0.3) is 5.91 Å². The van der Waals surface area contributed by atoms with Gasteiger partial charge in [0.05, 0.1) is 10.7 Å². The number of carbonyl (C=O) groups excluding carboxylic acids is 1. The van der Waals surface area contributed by atoms with Crippen molar-refractivity contribution in [2.75, 3.05) is 11.9 Å². The molecule has 0 saturated heterocycles. The second kappa shape index (κ2) is 7.47. The van der Waals surface area contributed by atoms with Gasteiger partial charge in [0.2, 0.25) is 0 Å². The summed E-state index contributed by atoms with van der Waals surface area (Å²) in [6.45, 7) is 4.68. The number of benzene rings is 1. The molecule has 0 aliphatic rings. The van der Waals surface area contributed by atoms with Crippen molar-refractivity contribution in [3.8, 4) is 0 Å². The van der Waals surface area contributed by atoms with Gasteiger partial charge in [-0.1, -0.05) is 37.0 Å². The number of hydrogen-bond acceptors (Lipinski definition) is 3. The highest BCUT2D eigenvalue weighted by Gasteiger charge is 2.09. The maximum atomic E-state index is 12.0. The van der Waals surface area contributed by atoms with E-state index in [1.165, 1.54) is 0 Å². The van der Waals surface area contributed by atoms with Crippen LogP contribution in [0.1, 0.15) is 24.3 Å². The Labute approximate surface area is 139 Å². The van der Waals surface area contributed by atoms with Gasteiger partial charge < -0.3 is 10.6 Å². The Morgan fingerprint density at radius 1 is 1.23 bits per heavy atom. The lowest BCUT2D eigenvalue weighted by Gasteiger charge is -2.11. The lowest BCUT2D eigenvalue weighted by atomic mass is 10.2. The molecule has 2 aromatic rings. The van der Waals surface area contributed by atoms with Crippen molar-refractivity contribution in [2.24, 2.45) is 5.92 Å². The van der Waals surface area contributed by atoms with Gasteiger partial charge in [0.15, 0.2) is 0 Å². The Kier molecular flexibility index (Phi) is 5.63. The standard InChI is InChI=1S/C16H17Cl2N3O/c1-10(2)9-20-16(22)15-8-12(5-6-19-15)21-14-7-11(17)3-4-13(14)18/h3-8,10H,9H2,1-2H3,(H,19,21)(H,20,22). The van der Waals surface area contributed by atoms with E-state index in [0.717, 1.165) is 0 Å². The number of aromatic nitrogens is 1. The fraction of sp³-hybridized carbons (Fsp3) is 0.250. The third-order valence-corrected chi connectivity index (χ3v) is 3.44. The fourth-order valence-electron chi connectivity index (χ4n) is 1.77. The number of rotatable bonds is 5. The van der Waals surface area contributed by atoms with E-state index < -0.39 is 0 Å². The van der Waals surface area contributed by atoms with E-state index >= 15 is 0 Å². The fourth-order valence-corrected chi connectivity index (χ4v) is 2.11. The first kappa shape index (κ1) is 16.6. The number of nitrogens with zero attached hydrogens (tertiary/aromatic N) is 1. The van der Waals surface area contributed by atoms with Crippen molar-refractivity contribution < 1.29 is 4.79 Å². The maximum absolute atomic E-state index is 12.0. The van der Waals surface area contributed by atoms with Crippen LogP contribution in [0.3, 0.4) is 0 Å². The van der Waals surface area contributed by atoms with Crippen molar-refractivity contribution >= 4 is 40.5 Å². The summed E-state index contributed by atoms with van der Waals surface area (Å²) in [6, 6.07) is 8.59. The molecular weight excluding hydrogens is 321 g/mol. The van der Waals surface area contributed by atoms with Crippen LogP contribution >= 0.6 is 23.2 Å². The SMILES string of the molecule is CC(C)CNC(=O)c1cc(Nc2cc(Cl)ccc2Cl)ccn1. The summed E-state index contributed by atoms with van der Waals surface area (Å²) in [7, 11) is 0. The zero-order valence-electron chi connectivity index (χ0n) is 12.4. The van der Waals surface area contributed by atoms with E-state index in [4.69, 9.17) is 23.2 Å². The summed E-state index contributed by atoms with van der Waals surface area (Å²) in [5.41, 5.74) is 1.74. The zero-order valence-corrected chi connectivity index (χ0v) is 13.9. The highest BCUT2D eigenvalue weighted by atomic mass is 35.5. The molecule has 0 radical (unpaired) electrons. The van der Waals surface area contributed by atoms with Gasteiger partial charge in [0, 0.05) is 23.5 Å². The highest BCUT2D eigenvalue weighted by molar-refractivity contribution is 6.35. The van der Waals surface area contributed by atoms with Crippen LogP contribution in [0.5, 0.6) is 0 Å². The molecule has 2 N–H and O–H groups in total. The number of nitrogens with one attached hydrogen (secondary N) is 2. The highest BCUT2D eigenvalue weighted by Crippen LogP contribution is 2.28. The molecule has 0 aliphatic carbocycles. The smallest absolute Gasteiger partial charge is 0.269 e. The summed E-state index contributed by atoms with van der Waals surface area (Å²) in [4.78, 5) is 16.1. The predicted octanol–water partition coefficient (Wildman–Crippen LogP) is 4.52. The minimum absolute atomic E-state index is 0.199. The molecule has 1 amide bonds. The summed E-state index contributed by atoms with van der Waals surface area (Å²) >= 11 is 12.1. The Bertz CT molecular complexity index is 674. The van der Waals surface area contributed by atoms with Crippen LogP contribution in [0.25, 0.3) is 0 Å². The largest absolute Gasteiger partial charge is 0.354 e. The summed E-state index contributed by atoms with van der Waals surface area (Å²) < 4.78 is 0. The van der Waals surface area contributed by atoms with E-state index in [0.29, 0.717) is 39.6 Å². The average Bonchev–Trinajstić information content (AvgIpc) is 2.49. The van der Waals surface area contributed by atoms with Crippen LogP contribution in [-0.4, -0.2) is 17.4 Å². The number of amides is 1. The van der Waals surface area contributed by atoms with Gasteiger partial charge in [-0.3, -0.25) is 9.78 Å². The molecule has 0 unspecified atom stereocenters. The molecule has 0 atom stereocenters. The lowest BCUT2D eigenvalue weighted by Crippen LogP contribution is -2.28. The number of hydrogen-bond donors (Lipinski definition) is 2. The number of pyridine rings is 1. The van der Waals surface area contributed by atoms with Gasteiger partial charge in [0.1, 0.15) is 5.69 Å². The second-order valence-corrected chi connectivity index (χ2v) is 6.13. The van der Waals surface area contributed by atoms with Gasteiger partial charge in [-0.05, 0) is 36.2 Å². The monoisotopic (exact) mass is 337 g/mol. The molecule has 1 heterocycles. The van der Waals surface area contributed by atoms with Crippen molar-refractivity contribution in [1.82, 2.24) is 10.3 Å². The van der Waals surface area contributed by atoms with Crippen LogP contribution in [0, 0.1) is 5.92 Å². The molecule has 4 nitrogen and oxygen atoms in total. The Balaban J connectivity index is 2.14. The van der Waals surface area contributed by atoms with Gasteiger partial charge >= 0.3 is 0 Å². The molecule has 0 aliphatic heterocycles. The minimum Gasteiger partial charge on any atom is -0.354 e. The third-order valence-electron chi connectivity index (χ3n) is 2.87. The summed E-state index contributed by atoms with van der Waals surface area (Å²) in [5, 5.41) is 7.10. The molecule has 0 saturated carbocycles. The Morgan fingerprint density at radius 3 is 2.73 bits per heavy atom. The molecule has 0 bridgehead atoms. The quantitative estimate of drug-likeness (QED) is 0.843. The lowest BCUT2D eigenvalue weighted by molar-refractivity contribution is 0.0944. The zero-order chi connectivity index (χ0) is 16.1. The summed E-state index contributed by atoms with van der Waals surface area (Å²) in [6.07, 6.45) is 1.57. The molecule has 0 fully saturated rings. The molecule has 22 heavy (non-hydrogen) atoms. The van der Waals surface area contributed by atoms with Crippen molar-refractivity contribution in [2.45, 2.75) is 13.8 Å². The van der Waals surface area contributed by atoms with E-state index in [1.807, 2.05) is 13.8 Å². The number of halogens is 2. The predicted molar refractivity (Wildman–Crippen MR) is 91.2 cm³/mol. The van der Waals surface area contributed by atoms with E-state index in [1.54, 1.807) is 36.5 Å². The topological polar surface area (TPSA) is 54.0 Å². The van der Waals surface area contributed by atoms with E-state index in [-0.39, 0.29) is 5.91 Å². The second-order valence-electron chi connectivity index (χ2n) is 5.28. The molecule has 1 aromatic heterocycles.